The fraction of sp³-hybridized carbons (Fsp3) is 0.462. The molecular formula is C13H19N3O4. The van der Waals surface area contributed by atoms with Gasteiger partial charge in [0.2, 0.25) is 0 Å². The Morgan fingerprint density at radius 2 is 2.20 bits per heavy atom. The van der Waals surface area contributed by atoms with Crippen LogP contribution in [0.2, 0.25) is 0 Å². The molecule has 20 heavy (non-hydrogen) atoms. The molecule has 7 heteroatoms. The first-order chi connectivity index (χ1) is 9.51. The molecule has 0 aliphatic rings. The monoisotopic (exact) mass is 281 g/mol. The van der Waals surface area contributed by atoms with E-state index in [4.69, 9.17) is 4.74 Å². The van der Waals surface area contributed by atoms with Crippen molar-refractivity contribution in [2.24, 2.45) is 0 Å². The van der Waals surface area contributed by atoms with E-state index in [1.165, 1.54) is 6.07 Å². The van der Waals surface area contributed by atoms with Gasteiger partial charge in [0.1, 0.15) is 11.3 Å². The Bertz CT molecular complexity index is 491. The number of amides is 1. The molecule has 0 fully saturated rings. The second kappa shape index (κ2) is 7.44. The Labute approximate surface area is 117 Å². The number of nitrogens with one attached hydrogen (secondary N) is 2. The van der Waals surface area contributed by atoms with Crippen LogP contribution in [0.5, 0.6) is 0 Å². The van der Waals surface area contributed by atoms with Gasteiger partial charge in [0, 0.05) is 19.7 Å². The van der Waals surface area contributed by atoms with Gasteiger partial charge in [-0.15, -0.1) is 0 Å². The molecule has 0 heterocycles. The van der Waals surface area contributed by atoms with E-state index >= 15 is 0 Å². The Hall–Kier alpha value is -2.15. The molecule has 1 aromatic carbocycles. The maximum atomic E-state index is 12.1. The van der Waals surface area contributed by atoms with Crippen molar-refractivity contribution in [3.63, 3.8) is 0 Å². The summed E-state index contributed by atoms with van der Waals surface area (Å²) >= 11 is 0. The lowest BCUT2D eigenvalue weighted by Gasteiger charge is -2.14. The molecule has 0 spiro atoms. The quantitative estimate of drug-likeness (QED) is 0.587. The topological polar surface area (TPSA) is 93.5 Å². The third-order valence-electron chi connectivity index (χ3n) is 2.68. The number of nitrogens with zero attached hydrogens (tertiary/aromatic N) is 1. The number of anilines is 1. The van der Waals surface area contributed by atoms with Crippen molar-refractivity contribution >= 4 is 17.3 Å². The molecule has 1 atom stereocenters. The molecular weight excluding hydrogens is 262 g/mol. The predicted octanol–water partition coefficient (Wildman–Crippen LogP) is 1.79. The van der Waals surface area contributed by atoms with Gasteiger partial charge in [0.15, 0.2) is 0 Å². The highest BCUT2D eigenvalue weighted by Gasteiger charge is 2.24. The molecule has 0 aliphatic carbocycles. The summed E-state index contributed by atoms with van der Waals surface area (Å²) in [4.78, 5) is 22.7. The van der Waals surface area contributed by atoms with Crippen molar-refractivity contribution in [2.75, 3.05) is 25.6 Å². The smallest absolute Gasteiger partial charge is 0.305 e. The van der Waals surface area contributed by atoms with E-state index in [2.05, 4.69) is 10.6 Å². The van der Waals surface area contributed by atoms with Crippen LogP contribution in [0.4, 0.5) is 11.4 Å². The van der Waals surface area contributed by atoms with Crippen LogP contribution < -0.4 is 10.6 Å². The highest BCUT2D eigenvalue weighted by atomic mass is 16.6. The highest BCUT2D eigenvalue weighted by molar-refractivity contribution is 6.00. The minimum atomic E-state index is -0.562. The van der Waals surface area contributed by atoms with Gasteiger partial charge in [0.25, 0.3) is 5.91 Å². The molecule has 7 nitrogen and oxygen atoms in total. The number of carbonyl (C=O) groups excluding carboxylic acids is 1. The molecule has 0 radical (unpaired) electrons. The van der Waals surface area contributed by atoms with E-state index in [1.807, 2.05) is 6.92 Å². The largest absolute Gasteiger partial charge is 0.383 e. The molecule has 0 aliphatic heterocycles. The van der Waals surface area contributed by atoms with E-state index in [9.17, 15) is 14.9 Å². The third kappa shape index (κ3) is 3.92. The number of benzene rings is 1. The summed E-state index contributed by atoms with van der Waals surface area (Å²) in [5, 5.41) is 16.5. The van der Waals surface area contributed by atoms with E-state index in [1.54, 1.807) is 26.1 Å². The lowest BCUT2D eigenvalue weighted by atomic mass is 10.1. The van der Waals surface area contributed by atoms with Gasteiger partial charge in [-0.05, 0) is 26.0 Å². The number of nitro groups is 1. The molecule has 0 aromatic heterocycles. The standard InChI is InChI=1S/C13H19N3O4/c1-4-20-8-9(2)15-13(17)10-6-5-7-11(14-3)12(10)16(18)19/h5-7,9,14H,4,8H2,1-3H3,(H,15,17). The number of para-hydroxylation sites is 1. The van der Waals surface area contributed by atoms with Crippen LogP contribution in [0.15, 0.2) is 18.2 Å². The van der Waals surface area contributed by atoms with Crippen LogP contribution in [0.25, 0.3) is 0 Å². The van der Waals surface area contributed by atoms with Crippen LogP contribution in [0.3, 0.4) is 0 Å². The number of ether oxygens (including phenoxy) is 1. The number of hydrogen-bond acceptors (Lipinski definition) is 5. The number of rotatable bonds is 7. The van der Waals surface area contributed by atoms with Crippen molar-refractivity contribution in [3.05, 3.63) is 33.9 Å². The Morgan fingerprint density at radius 3 is 2.75 bits per heavy atom. The van der Waals surface area contributed by atoms with E-state index in [0.717, 1.165) is 0 Å². The summed E-state index contributed by atoms with van der Waals surface area (Å²) < 4.78 is 5.19. The van der Waals surface area contributed by atoms with Crippen LogP contribution in [-0.2, 0) is 4.74 Å². The zero-order chi connectivity index (χ0) is 15.1. The van der Waals surface area contributed by atoms with E-state index in [-0.39, 0.29) is 17.3 Å². The maximum Gasteiger partial charge on any atom is 0.305 e. The Kier molecular flexibility index (Phi) is 5.92. The van der Waals surface area contributed by atoms with Gasteiger partial charge in [-0.3, -0.25) is 14.9 Å². The van der Waals surface area contributed by atoms with Gasteiger partial charge in [-0.1, -0.05) is 6.07 Å². The Balaban J connectivity index is 2.95. The van der Waals surface area contributed by atoms with Crippen molar-refractivity contribution in [2.45, 2.75) is 19.9 Å². The van der Waals surface area contributed by atoms with Gasteiger partial charge >= 0.3 is 5.69 Å². The summed E-state index contributed by atoms with van der Waals surface area (Å²) in [6.45, 7) is 4.55. The predicted molar refractivity (Wildman–Crippen MR) is 76.1 cm³/mol. The molecule has 2 N–H and O–H groups in total. The average molecular weight is 281 g/mol. The first-order valence-corrected chi connectivity index (χ1v) is 6.35. The SMILES string of the molecule is CCOCC(C)NC(=O)c1cccc(NC)c1[N+](=O)[O-]. The maximum absolute atomic E-state index is 12.1. The van der Waals surface area contributed by atoms with E-state index < -0.39 is 10.8 Å². The summed E-state index contributed by atoms with van der Waals surface area (Å²) in [6, 6.07) is 4.36. The average Bonchev–Trinajstić information content (AvgIpc) is 2.43. The zero-order valence-electron chi connectivity index (χ0n) is 11.8. The number of carbonyl (C=O) groups is 1. The van der Waals surface area contributed by atoms with Crippen molar-refractivity contribution in [1.82, 2.24) is 5.32 Å². The van der Waals surface area contributed by atoms with E-state index in [0.29, 0.717) is 18.9 Å². The highest BCUT2D eigenvalue weighted by Crippen LogP contribution is 2.28. The fourth-order valence-electron chi connectivity index (χ4n) is 1.76. The molecule has 1 rings (SSSR count). The number of nitro benzene ring substituents is 1. The molecule has 1 unspecified atom stereocenters. The number of hydrogen-bond donors (Lipinski definition) is 2. The summed E-state index contributed by atoms with van der Waals surface area (Å²) in [5.41, 5.74) is 0.112. The fourth-order valence-corrected chi connectivity index (χ4v) is 1.76. The molecule has 0 bridgehead atoms. The van der Waals surface area contributed by atoms with Crippen LogP contribution in [0.1, 0.15) is 24.2 Å². The molecule has 0 saturated carbocycles. The first-order valence-electron chi connectivity index (χ1n) is 6.35. The zero-order valence-corrected chi connectivity index (χ0v) is 11.8. The minimum absolute atomic E-state index is 0.0326. The van der Waals surface area contributed by atoms with Gasteiger partial charge in [0.05, 0.1) is 11.5 Å². The van der Waals surface area contributed by atoms with Gasteiger partial charge < -0.3 is 15.4 Å². The molecule has 1 aromatic rings. The second-order valence-corrected chi connectivity index (χ2v) is 4.24. The first kappa shape index (κ1) is 15.9. The van der Waals surface area contributed by atoms with Crippen LogP contribution in [0, 0.1) is 10.1 Å². The lowest BCUT2D eigenvalue weighted by Crippen LogP contribution is -2.36. The molecule has 110 valence electrons. The van der Waals surface area contributed by atoms with Gasteiger partial charge in [-0.2, -0.15) is 0 Å². The summed E-state index contributed by atoms with van der Waals surface area (Å²) in [5.74, 6) is -0.485. The minimum Gasteiger partial charge on any atom is -0.383 e. The van der Waals surface area contributed by atoms with Crippen molar-refractivity contribution in [1.29, 1.82) is 0 Å². The summed E-state index contributed by atoms with van der Waals surface area (Å²) in [6.07, 6.45) is 0. The normalized spacial score (nSPS) is 11.8. The third-order valence-corrected chi connectivity index (χ3v) is 2.68. The lowest BCUT2D eigenvalue weighted by molar-refractivity contribution is -0.384. The second-order valence-electron chi connectivity index (χ2n) is 4.24. The Morgan fingerprint density at radius 1 is 1.50 bits per heavy atom. The molecule has 1 amide bonds. The van der Waals surface area contributed by atoms with Crippen molar-refractivity contribution < 1.29 is 14.5 Å². The van der Waals surface area contributed by atoms with Gasteiger partial charge in [-0.25, -0.2) is 0 Å². The van der Waals surface area contributed by atoms with Crippen LogP contribution in [-0.4, -0.2) is 37.1 Å². The molecule has 0 saturated heterocycles. The van der Waals surface area contributed by atoms with Crippen molar-refractivity contribution in [3.8, 4) is 0 Å². The van der Waals surface area contributed by atoms with Crippen LogP contribution >= 0.6 is 0 Å². The summed E-state index contributed by atoms with van der Waals surface area (Å²) in [7, 11) is 1.57.